The van der Waals surface area contributed by atoms with Gasteiger partial charge in [0.05, 0.1) is 31.8 Å². The highest BCUT2D eigenvalue weighted by Gasteiger charge is 2.46. The zero-order valence-corrected chi connectivity index (χ0v) is 14.0. The minimum Gasteiger partial charge on any atom is -0.465 e. The van der Waals surface area contributed by atoms with Crippen molar-refractivity contribution in [3.8, 4) is 0 Å². The molecule has 2 heterocycles. The molecule has 2 aliphatic rings. The molecule has 7 nitrogen and oxygen atoms in total. The van der Waals surface area contributed by atoms with Crippen LogP contribution in [0, 0.1) is 0 Å². The van der Waals surface area contributed by atoms with E-state index in [1.165, 1.54) is 21.8 Å². The van der Waals surface area contributed by atoms with Crippen molar-refractivity contribution in [3.05, 3.63) is 29.8 Å². The van der Waals surface area contributed by atoms with Crippen LogP contribution in [0.5, 0.6) is 0 Å². The summed E-state index contributed by atoms with van der Waals surface area (Å²) >= 11 is 0. The summed E-state index contributed by atoms with van der Waals surface area (Å²) in [6.45, 7) is 3.84. The molecule has 24 heavy (non-hydrogen) atoms. The predicted molar refractivity (Wildman–Crippen MR) is 86.0 cm³/mol. The first-order valence-corrected chi connectivity index (χ1v) is 8.22. The third-order valence-corrected chi connectivity index (χ3v) is 4.93. The number of esters is 1. The van der Waals surface area contributed by atoms with Crippen molar-refractivity contribution < 1.29 is 28.9 Å². The van der Waals surface area contributed by atoms with Gasteiger partial charge in [0, 0.05) is 0 Å². The molecule has 0 unspecified atom stereocenters. The van der Waals surface area contributed by atoms with Crippen molar-refractivity contribution in [2.24, 2.45) is 0 Å². The first kappa shape index (κ1) is 16.6. The van der Waals surface area contributed by atoms with Gasteiger partial charge in [-0.2, -0.15) is 0 Å². The van der Waals surface area contributed by atoms with Gasteiger partial charge < -0.3 is 14.5 Å². The second kappa shape index (κ2) is 6.70. The number of likely N-dealkylation sites (N-methyl/N-ethyl adjacent to an activating group) is 1. The van der Waals surface area contributed by atoms with Crippen LogP contribution in [0.3, 0.4) is 0 Å². The maximum absolute atomic E-state index is 12.8. The van der Waals surface area contributed by atoms with Crippen molar-refractivity contribution >= 4 is 23.5 Å². The van der Waals surface area contributed by atoms with Crippen LogP contribution in [-0.4, -0.2) is 64.2 Å². The normalized spacial score (nSPS) is 27.4. The van der Waals surface area contributed by atoms with Crippen molar-refractivity contribution in [3.63, 3.8) is 0 Å². The molecule has 2 aliphatic heterocycles. The fourth-order valence-corrected chi connectivity index (χ4v) is 3.43. The van der Waals surface area contributed by atoms with Crippen LogP contribution in [0.2, 0.25) is 0 Å². The molecule has 0 bridgehead atoms. The molecule has 128 valence electrons. The van der Waals surface area contributed by atoms with E-state index in [0.29, 0.717) is 11.3 Å². The number of nitrogens with zero attached hydrogens (tertiary/aromatic N) is 1. The zero-order valence-electron chi connectivity index (χ0n) is 14.0. The van der Waals surface area contributed by atoms with E-state index in [1.807, 2.05) is 0 Å². The Balaban J connectivity index is 1.75. The molecule has 0 aromatic heterocycles. The first-order valence-electron chi connectivity index (χ1n) is 8.22. The van der Waals surface area contributed by atoms with Crippen molar-refractivity contribution in [1.82, 2.24) is 0 Å². The second-order valence-electron chi connectivity index (χ2n) is 6.48. The van der Waals surface area contributed by atoms with Gasteiger partial charge in [0.15, 0.2) is 6.04 Å². The maximum Gasteiger partial charge on any atom is 0.337 e. The van der Waals surface area contributed by atoms with Gasteiger partial charge >= 0.3 is 5.97 Å². The van der Waals surface area contributed by atoms with E-state index >= 15 is 0 Å². The van der Waals surface area contributed by atoms with Crippen molar-refractivity contribution in [2.75, 3.05) is 45.2 Å². The highest BCUT2D eigenvalue weighted by Crippen LogP contribution is 2.22. The Morgan fingerprint density at radius 2 is 1.75 bits per heavy atom. The third kappa shape index (κ3) is 3.05. The lowest BCUT2D eigenvalue weighted by atomic mass is 10.1. The topological polar surface area (TPSA) is 72.6 Å². The second-order valence-corrected chi connectivity index (χ2v) is 6.48. The van der Waals surface area contributed by atoms with E-state index in [4.69, 9.17) is 0 Å². The summed E-state index contributed by atoms with van der Waals surface area (Å²) in [4.78, 5) is 40.5. The Labute approximate surface area is 140 Å². The molecule has 7 heteroatoms. The number of amides is 2. The van der Waals surface area contributed by atoms with Gasteiger partial charge in [0.2, 0.25) is 5.91 Å². The molecule has 0 aliphatic carbocycles. The molecule has 2 fully saturated rings. The Morgan fingerprint density at radius 3 is 2.33 bits per heavy atom. The molecule has 2 amide bonds. The number of benzene rings is 1. The average molecular weight is 333 g/mol. The summed E-state index contributed by atoms with van der Waals surface area (Å²) in [5.74, 6) is -0.752. The zero-order chi connectivity index (χ0) is 17.3. The molecule has 0 saturated carbocycles. The van der Waals surface area contributed by atoms with Gasteiger partial charge in [-0.3, -0.25) is 9.59 Å². The smallest absolute Gasteiger partial charge is 0.337 e. The lowest BCUT2D eigenvalue weighted by Crippen LogP contribution is -3.29. The average Bonchev–Trinajstić information content (AvgIpc) is 2.89. The molecular formula is C17H23N3O4+2. The van der Waals surface area contributed by atoms with Gasteiger partial charge in [0.25, 0.3) is 5.91 Å². The fourth-order valence-electron chi connectivity index (χ4n) is 3.43. The number of piperazine rings is 1. The van der Waals surface area contributed by atoms with Crippen LogP contribution in [0.15, 0.2) is 24.3 Å². The lowest BCUT2D eigenvalue weighted by molar-refractivity contribution is -1.01. The fraction of sp³-hybridized carbons (Fsp3) is 0.471. The Bertz CT molecular complexity index is 650. The number of carbonyl (C=O) groups excluding carboxylic acids is 3. The SMILES string of the molecule is COC(=O)c1ccc(N2C(=O)C[C@@H]([NH+]3CC[NH+](C)CC3)C2=O)cc1. The minimum atomic E-state index is -0.442. The number of hydrogen-bond donors (Lipinski definition) is 2. The van der Waals surface area contributed by atoms with Gasteiger partial charge in [0.1, 0.15) is 26.2 Å². The van der Waals surface area contributed by atoms with E-state index in [2.05, 4.69) is 11.8 Å². The summed E-state index contributed by atoms with van der Waals surface area (Å²) in [5, 5.41) is 0. The Hall–Kier alpha value is -2.25. The largest absolute Gasteiger partial charge is 0.465 e. The predicted octanol–water partition coefficient (Wildman–Crippen LogP) is -2.48. The summed E-state index contributed by atoms with van der Waals surface area (Å²) in [5.41, 5.74) is 0.906. The molecule has 2 saturated heterocycles. The van der Waals surface area contributed by atoms with E-state index < -0.39 is 5.97 Å². The number of ether oxygens (including phenoxy) is 1. The van der Waals surface area contributed by atoms with Crippen LogP contribution in [0.25, 0.3) is 0 Å². The Kier molecular flexibility index (Phi) is 4.64. The van der Waals surface area contributed by atoms with E-state index in [9.17, 15) is 14.4 Å². The minimum absolute atomic E-state index is 0.139. The third-order valence-electron chi connectivity index (χ3n) is 4.93. The summed E-state index contributed by atoms with van der Waals surface area (Å²) < 4.78 is 4.66. The number of anilines is 1. The first-order chi connectivity index (χ1) is 11.5. The van der Waals surface area contributed by atoms with Crippen LogP contribution >= 0.6 is 0 Å². The molecular weight excluding hydrogens is 310 g/mol. The standard InChI is InChI=1S/C17H21N3O4/c1-18-7-9-19(10-8-18)14-11-15(21)20(16(14)22)13-5-3-12(4-6-13)17(23)24-2/h3-6,14H,7-11H2,1-2H3/p+2/t14-/m1/s1. The highest BCUT2D eigenvalue weighted by atomic mass is 16.5. The molecule has 2 N–H and O–H groups in total. The maximum atomic E-state index is 12.8. The number of imide groups is 1. The van der Waals surface area contributed by atoms with Crippen molar-refractivity contribution in [1.29, 1.82) is 0 Å². The monoisotopic (exact) mass is 333 g/mol. The number of nitrogens with one attached hydrogen (secondary N) is 2. The summed E-state index contributed by atoms with van der Waals surface area (Å²) in [6, 6.07) is 6.09. The van der Waals surface area contributed by atoms with Gasteiger partial charge in [-0.25, -0.2) is 9.69 Å². The lowest BCUT2D eigenvalue weighted by Gasteiger charge is -2.30. The molecule has 0 radical (unpaired) electrons. The summed E-state index contributed by atoms with van der Waals surface area (Å²) in [7, 11) is 3.46. The van der Waals surface area contributed by atoms with Gasteiger partial charge in [-0.1, -0.05) is 0 Å². The van der Waals surface area contributed by atoms with E-state index in [1.54, 1.807) is 24.3 Å². The van der Waals surface area contributed by atoms with Crippen LogP contribution in [0.4, 0.5) is 5.69 Å². The quantitative estimate of drug-likeness (QED) is 0.475. The molecule has 1 aromatic carbocycles. The number of carbonyl (C=O) groups is 3. The molecule has 0 spiro atoms. The van der Waals surface area contributed by atoms with Crippen LogP contribution in [-0.2, 0) is 14.3 Å². The number of quaternary nitrogens is 2. The van der Waals surface area contributed by atoms with Gasteiger partial charge in [-0.05, 0) is 24.3 Å². The summed E-state index contributed by atoms with van der Waals surface area (Å²) in [6.07, 6.45) is 0.256. The highest BCUT2D eigenvalue weighted by molar-refractivity contribution is 6.21. The van der Waals surface area contributed by atoms with Crippen LogP contribution < -0.4 is 14.7 Å². The molecule has 3 rings (SSSR count). The molecule has 1 aromatic rings. The Morgan fingerprint density at radius 1 is 1.12 bits per heavy atom. The van der Waals surface area contributed by atoms with Crippen molar-refractivity contribution in [2.45, 2.75) is 12.5 Å². The van der Waals surface area contributed by atoms with E-state index in [-0.39, 0.29) is 24.3 Å². The molecule has 1 atom stereocenters. The number of methoxy groups -OCH3 is 1. The number of rotatable bonds is 3. The van der Waals surface area contributed by atoms with Gasteiger partial charge in [-0.15, -0.1) is 0 Å². The number of hydrogen-bond acceptors (Lipinski definition) is 4. The van der Waals surface area contributed by atoms with Crippen LogP contribution in [0.1, 0.15) is 16.8 Å². The van der Waals surface area contributed by atoms with E-state index in [0.717, 1.165) is 26.2 Å².